The van der Waals surface area contributed by atoms with E-state index in [1.54, 1.807) is 0 Å². The molecule has 1 aromatic heterocycles. The van der Waals surface area contributed by atoms with Crippen LogP contribution < -0.4 is 5.32 Å². The van der Waals surface area contributed by atoms with Crippen LogP contribution in [-0.2, 0) is 20.9 Å². The Morgan fingerprint density at radius 2 is 2.00 bits per heavy atom. The van der Waals surface area contributed by atoms with Crippen molar-refractivity contribution in [3.63, 3.8) is 0 Å². The van der Waals surface area contributed by atoms with Crippen molar-refractivity contribution in [3.8, 4) is 6.07 Å². The highest BCUT2D eigenvalue weighted by molar-refractivity contribution is 5.85. The molecule has 3 rings (SSSR count). The molecule has 1 fully saturated rings. The van der Waals surface area contributed by atoms with Gasteiger partial charge < -0.3 is 15.3 Å². The Morgan fingerprint density at radius 3 is 2.79 bits per heavy atom. The van der Waals surface area contributed by atoms with Gasteiger partial charge in [0.2, 0.25) is 11.8 Å². The second-order valence-corrected chi connectivity index (χ2v) is 8.56. The predicted octanol–water partition coefficient (Wildman–Crippen LogP) is 2.31. The third-order valence-corrected chi connectivity index (χ3v) is 5.94. The van der Waals surface area contributed by atoms with Gasteiger partial charge in [-0.2, -0.15) is 5.26 Å². The third kappa shape index (κ3) is 7.52. The maximum atomic E-state index is 12.2. The first kappa shape index (κ1) is 25.1. The molecule has 180 valence electrons. The number of carbonyl (C=O) groups excluding carboxylic acids is 2. The van der Waals surface area contributed by atoms with E-state index < -0.39 is 5.97 Å². The summed E-state index contributed by atoms with van der Waals surface area (Å²) >= 11 is 0. The van der Waals surface area contributed by atoms with E-state index >= 15 is 0 Å². The van der Waals surface area contributed by atoms with Crippen LogP contribution in [0, 0.1) is 11.3 Å². The topological polar surface area (TPSA) is 127 Å². The first-order valence-corrected chi connectivity index (χ1v) is 11.7. The Balaban J connectivity index is 1.37. The van der Waals surface area contributed by atoms with E-state index in [1.807, 2.05) is 41.3 Å². The molecular formula is C25H31N5O4. The van der Waals surface area contributed by atoms with Gasteiger partial charge in [0, 0.05) is 24.9 Å². The van der Waals surface area contributed by atoms with Crippen LogP contribution >= 0.6 is 0 Å². The summed E-state index contributed by atoms with van der Waals surface area (Å²) in [6.07, 6.45) is 3.98. The maximum Gasteiger partial charge on any atom is 0.317 e. The zero-order chi connectivity index (χ0) is 24.3. The van der Waals surface area contributed by atoms with E-state index in [-0.39, 0.29) is 30.9 Å². The SMILES string of the molecule is N#CC1CCCN1C(=O)CNC(=O)CCCCCN(CC(=O)O)Cc1ccc2ccccc2n1. The van der Waals surface area contributed by atoms with Crippen LogP contribution in [0.4, 0.5) is 0 Å². The fourth-order valence-electron chi connectivity index (χ4n) is 4.19. The fraction of sp³-hybridized carbons (Fsp3) is 0.480. The van der Waals surface area contributed by atoms with Crippen LogP contribution in [0.1, 0.15) is 44.2 Å². The van der Waals surface area contributed by atoms with Gasteiger partial charge in [0.15, 0.2) is 0 Å². The van der Waals surface area contributed by atoms with Gasteiger partial charge in [-0.3, -0.25) is 24.3 Å². The van der Waals surface area contributed by atoms with Gasteiger partial charge in [-0.1, -0.05) is 30.7 Å². The van der Waals surface area contributed by atoms with E-state index in [2.05, 4.69) is 16.4 Å². The molecule has 0 aliphatic carbocycles. The number of unbranched alkanes of at least 4 members (excludes halogenated alkanes) is 2. The number of carboxylic acids is 1. The van der Waals surface area contributed by atoms with Crippen molar-refractivity contribution >= 4 is 28.7 Å². The lowest BCUT2D eigenvalue weighted by Crippen LogP contribution is -2.42. The number of nitrogens with zero attached hydrogens (tertiary/aromatic N) is 4. The van der Waals surface area contributed by atoms with Crippen LogP contribution in [0.15, 0.2) is 36.4 Å². The highest BCUT2D eigenvalue weighted by Crippen LogP contribution is 2.16. The number of hydrogen-bond donors (Lipinski definition) is 2. The number of amides is 2. The van der Waals surface area contributed by atoms with E-state index in [0.717, 1.165) is 35.9 Å². The summed E-state index contributed by atoms with van der Waals surface area (Å²) in [4.78, 5) is 43.5. The number of nitrogens with one attached hydrogen (secondary N) is 1. The average molecular weight is 466 g/mol. The Kier molecular flexibility index (Phi) is 9.35. The standard InChI is InChI=1S/C25H31N5O4/c26-15-21-8-6-14-30(21)24(32)16-27-23(31)10-2-1-5-13-29(18-25(33)34)17-20-12-11-19-7-3-4-9-22(19)28-20/h3-4,7,9,11-12,21H,1-2,5-6,8,10,13-14,16-18H2,(H,27,31)(H,33,34). The lowest BCUT2D eigenvalue weighted by Gasteiger charge is -2.20. The van der Waals surface area contributed by atoms with Crippen LogP contribution in [0.5, 0.6) is 0 Å². The number of carboxylic acid groups (broad SMARTS) is 1. The molecular weight excluding hydrogens is 434 g/mol. The molecule has 34 heavy (non-hydrogen) atoms. The van der Waals surface area contributed by atoms with Crippen molar-refractivity contribution in [2.75, 3.05) is 26.2 Å². The highest BCUT2D eigenvalue weighted by Gasteiger charge is 2.28. The van der Waals surface area contributed by atoms with Crippen molar-refractivity contribution < 1.29 is 19.5 Å². The number of carbonyl (C=O) groups is 3. The largest absolute Gasteiger partial charge is 0.480 e. The first-order chi connectivity index (χ1) is 16.5. The number of rotatable bonds is 12. The Bertz CT molecular complexity index is 1050. The summed E-state index contributed by atoms with van der Waals surface area (Å²) in [6, 6.07) is 13.5. The summed E-state index contributed by atoms with van der Waals surface area (Å²) in [5.74, 6) is -1.30. The van der Waals surface area contributed by atoms with Gasteiger partial charge in [-0.15, -0.1) is 0 Å². The first-order valence-electron chi connectivity index (χ1n) is 11.7. The van der Waals surface area contributed by atoms with Crippen molar-refractivity contribution in [2.45, 2.75) is 51.1 Å². The summed E-state index contributed by atoms with van der Waals surface area (Å²) in [6.45, 7) is 1.44. The molecule has 1 aliphatic rings. The molecule has 1 unspecified atom stereocenters. The minimum absolute atomic E-state index is 0.0721. The van der Waals surface area contributed by atoms with Crippen LogP contribution in [0.25, 0.3) is 10.9 Å². The van der Waals surface area contributed by atoms with Crippen molar-refractivity contribution in [1.82, 2.24) is 20.1 Å². The van der Waals surface area contributed by atoms with Crippen molar-refractivity contribution in [1.29, 1.82) is 5.26 Å². The van der Waals surface area contributed by atoms with E-state index in [1.165, 1.54) is 4.90 Å². The maximum absolute atomic E-state index is 12.2. The zero-order valence-corrected chi connectivity index (χ0v) is 19.3. The Morgan fingerprint density at radius 1 is 1.18 bits per heavy atom. The Hall–Kier alpha value is -3.51. The Labute approximate surface area is 199 Å². The number of pyridine rings is 1. The number of para-hydroxylation sites is 1. The second-order valence-electron chi connectivity index (χ2n) is 8.56. The lowest BCUT2D eigenvalue weighted by atomic mass is 10.1. The summed E-state index contributed by atoms with van der Waals surface area (Å²) < 4.78 is 0. The quantitative estimate of drug-likeness (QED) is 0.461. The van der Waals surface area contributed by atoms with Gasteiger partial charge in [-0.05, 0) is 44.4 Å². The van der Waals surface area contributed by atoms with E-state index in [9.17, 15) is 19.5 Å². The molecule has 2 N–H and O–H groups in total. The van der Waals surface area contributed by atoms with Gasteiger partial charge in [-0.25, -0.2) is 0 Å². The number of fused-ring (bicyclic) bond motifs is 1. The minimum atomic E-state index is -0.888. The minimum Gasteiger partial charge on any atom is -0.480 e. The molecule has 9 heteroatoms. The van der Waals surface area contributed by atoms with Gasteiger partial charge in [0.25, 0.3) is 0 Å². The normalized spacial score (nSPS) is 15.4. The van der Waals surface area contributed by atoms with Crippen LogP contribution in [0.3, 0.4) is 0 Å². The number of likely N-dealkylation sites (tertiary alicyclic amines) is 1. The third-order valence-electron chi connectivity index (χ3n) is 5.94. The second kappa shape index (κ2) is 12.7. The highest BCUT2D eigenvalue weighted by atomic mass is 16.4. The number of aliphatic carboxylic acids is 1. The molecule has 1 saturated heterocycles. The lowest BCUT2D eigenvalue weighted by molar-refractivity contribution is -0.138. The predicted molar refractivity (Wildman–Crippen MR) is 126 cm³/mol. The number of hydrogen-bond acceptors (Lipinski definition) is 6. The zero-order valence-electron chi connectivity index (χ0n) is 19.3. The molecule has 1 aromatic carbocycles. The van der Waals surface area contributed by atoms with Crippen molar-refractivity contribution in [2.24, 2.45) is 0 Å². The van der Waals surface area contributed by atoms with E-state index in [0.29, 0.717) is 38.9 Å². The molecule has 2 heterocycles. The van der Waals surface area contributed by atoms with Crippen LogP contribution in [-0.4, -0.2) is 69.9 Å². The molecule has 1 aliphatic heterocycles. The average Bonchev–Trinajstić information content (AvgIpc) is 3.31. The number of benzene rings is 1. The van der Waals surface area contributed by atoms with Crippen LogP contribution in [0.2, 0.25) is 0 Å². The van der Waals surface area contributed by atoms with Gasteiger partial charge in [0.1, 0.15) is 6.04 Å². The molecule has 0 spiro atoms. The van der Waals surface area contributed by atoms with Gasteiger partial charge in [0.05, 0.1) is 30.4 Å². The number of nitriles is 1. The molecule has 0 bridgehead atoms. The molecule has 2 aromatic rings. The summed E-state index contributed by atoms with van der Waals surface area (Å²) in [5, 5.41) is 22.0. The smallest absolute Gasteiger partial charge is 0.317 e. The van der Waals surface area contributed by atoms with Crippen molar-refractivity contribution in [3.05, 3.63) is 42.1 Å². The molecule has 2 amide bonds. The fourth-order valence-corrected chi connectivity index (χ4v) is 4.19. The molecule has 1 atom stereocenters. The summed E-state index contributed by atoms with van der Waals surface area (Å²) in [5.41, 5.74) is 1.70. The van der Waals surface area contributed by atoms with E-state index in [4.69, 9.17) is 5.26 Å². The molecule has 9 nitrogen and oxygen atoms in total. The molecule has 0 saturated carbocycles. The summed E-state index contributed by atoms with van der Waals surface area (Å²) in [7, 11) is 0. The molecule has 0 radical (unpaired) electrons. The number of aromatic nitrogens is 1. The van der Waals surface area contributed by atoms with Gasteiger partial charge >= 0.3 is 5.97 Å². The monoisotopic (exact) mass is 465 g/mol.